The van der Waals surface area contributed by atoms with Gasteiger partial charge >= 0.3 is 0 Å². The highest BCUT2D eigenvalue weighted by molar-refractivity contribution is 7.98. The van der Waals surface area contributed by atoms with E-state index in [1.54, 1.807) is 11.8 Å². The molecule has 2 nitrogen and oxygen atoms in total. The van der Waals surface area contributed by atoms with Crippen molar-refractivity contribution in [1.82, 2.24) is 0 Å². The molecule has 4 heteroatoms. The van der Waals surface area contributed by atoms with Gasteiger partial charge in [0.25, 0.3) is 0 Å². The number of benzene rings is 1. The molecule has 0 heterocycles. The molecule has 0 fully saturated rings. The summed E-state index contributed by atoms with van der Waals surface area (Å²) in [5.74, 6) is 1.64. The molecule has 0 aliphatic heterocycles. The van der Waals surface area contributed by atoms with E-state index in [2.05, 4.69) is 31.0 Å². The molecule has 0 aliphatic rings. The highest BCUT2D eigenvalue weighted by atomic mass is 32.2. The first-order chi connectivity index (χ1) is 7.36. The van der Waals surface area contributed by atoms with Crippen LogP contribution in [0.4, 0.5) is 0 Å². The Morgan fingerprint density at radius 3 is 2.47 bits per heavy atom. The van der Waals surface area contributed by atoms with Crippen LogP contribution in [0.1, 0.15) is 0 Å². The number of hydrogen-bond donors (Lipinski definition) is 1. The first-order valence-corrected chi connectivity index (χ1v) is 6.68. The molecule has 0 radical (unpaired) electrons. The molecule has 0 spiro atoms. The van der Waals surface area contributed by atoms with Crippen LogP contribution < -0.4 is 4.74 Å². The third-order valence-electron chi connectivity index (χ3n) is 1.79. The quantitative estimate of drug-likeness (QED) is 0.452. The second kappa shape index (κ2) is 7.91. The molecule has 1 aromatic rings. The Bertz CT molecular complexity index is 262. The molecule has 84 valence electrons. The van der Waals surface area contributed by atoms with Crippen LogP contribution in [0.25, 0.3) is 0 Å². The number of thiol groups is 1. The molecule has 0 N–H and O–H groups in total. The first kappa shape index (κ1) is 12.7. The molecule has 0 aliphatic carbocycles. The summed E-state index contributed by atoms with van der Waals surface area (Å²) in [6, 6.07) is 8.05. The summed E-state index contributed by atoms with van der Waals surface area (Å²) in [7, 11) is 0. The molecule has 1 aromatic carbocycles. The maximum Gasteiger partial charge on any atom is 0.119 e. The van der Waals surface area contributed by atoms with Gasteiger partial charge in [0.2, 0.25) is 0 Å². The second-order valence-corrected chi connectivity index (χ2v) is 4.19. The van der Waals surface area contributed by atoms with Crippen molar-refractivity contribution in [2.24, 2.45) is 0 Å². The minimum Gasteiger partial charge on any atom is -0.491 e. The van der Waals surface area contributed by atoms with Gasteiger partial charge in [0.15, 0.2) is 0 Å². The molecule has 1 rings (SSSR count). The molecule has 0 bridgehead atoms. The largest absolute Gasteiger partial charge is 0.491 e. The van der Waals surface area contributed by atoms with Crippen molar-refractivity contribution in [2.45, 2.75) is 4.90 Å². The van der Waals surface area contributed by atoms with Crippen LogP contribution in [0.15, 0.2) is 29.2 Å². The van der Waals surface area contributed by atoms with E-state index in [1.807, 2.05) is 12.1 Å². The van der Waals surface area contributed by atoms with Gasteiger partial charge in [-0.15, -0.1) is 11.8 Å². The SMILES string of the molecule is CSc1ccc(OCCOCCS)cc1. The van der Waals surface area contributed by atoms with Gasteiger partial charge in [-0.2, -0.15) is 12.6 Å². The molecule has 0 unspecified atom stereocenters. The van der Waals surface area contributed by atoms with Crippen LogP contribution in [-0.2, 0) is 4.74 Å². The molecule has 0 atom stereocenters. The van der Waals surface area contributed by atoms with E-state index in [0.29, 0.717) is 19.8 Å². The predicted molar refractivity (Wildman–Crippen MR) is 68.4 cm³/mol. The van der Waals surface area contributed by atoms with E-state index in [0.717, 1.165) is 11.5 Å². The van der Waals surface area contributed by atoms with Crippen LogP contribution in [0.3, 0.4) is 0 Å². The number of rotatable bonds is 7. The van der Waals surface area contributed by atoms with E-state index in [-0.39, 0.29) is 0 Å². The monoisotopic (exact) mass is 244 g/mol. The van der Waals surface area contributed by atoms with Gasteiger partial charge in [-0.05, 0) is 30.5 Å². The molecule has 0 saturated heterocycles. The summed E-state index contributed by atoms with van der Waals surface area (Å²) in [5, 5.41) is 0. The van der Waals surface area contributed by atoms with E-state index >= 15 is 0 Å². The summed E-state index contributed by atoms with van der Waals surface area (Å²) < 4.78 is 10.7. The summed E-state index contributed by atoms with van der Waals surface area (Å²) in [6.07, 6.45) is 2.06. The maximum absolute atomic E-state index is 5.49. The lowest BCUT2D eigenvalue weighted by atomic mass is 10.3. The Morgan fingerprint density at radius 1 is 1.13 bits per heavy atom. The number of ether oxygens (including phenoxy) is 2. The zero-order valence-corrected chi connectivity index (χ0v) is 10.5. The normalized spacial score (nSPS) is 10.3. The van der Waals surface area contributed by atoms with E-state index in [9.17, 15) is 0 Å². The van der Waals surface area contributed by atoms with Gasteiger partial charge in [-0.25, -0.2) is 0 Å². The standard InChI is InChI=1S/C11H16O2S2/c1-15-11-4-2-10(3-5-11)13-7-6-12-8-9-14/h2-5,14H,6-9H2,1H3. The highest BCUT2D eigenvalue weighted by Gasteiger charge is 1.94. The summed E-state index contributed by atoms with van der Waals surface area (Å²) in [5.41, 5.74) is 0. The van der Waals surface area contributed by atoms with Crippen LogP contribution >= 0.6 is 24.4 Å². The summed E-state index contributed by atoms with van der Waals surface area (Å²) >= 11 is 5.77. The maximum atomic E-state index is 5.49. The van der Waals surface area contributed by atoms with Gasteiger partial charge in [0, 0.05) is 10.6 Å². The van der Waals surface area contributed by atoms with Crippen molar-refractivity contribution < 1.29 is 9.47 Å². The fraction of sp³-hybridized carbons (Fsp3) is 0.455. The van der Waals surface area contributed by atoms with E-state index in [1.165, 1.54) is 4.90 Å². The average Bonchev–Trinajstić information content (AvgIpc) is 2.30. The molecular formula is C11H16O2S2. The predicted octanol–water partition coefficient (Wildman–Crippen LogP) is 2.73. The number of thioether (sulfide) groups is 1. The molecule has 0 amide bonds. The van der Waals surface area contributed by atoms with E-state index in [4.69, 9.17) is 9.47 Å². The second-order valence-electron chi connectivity index (χ2n) is 2.86. The van der Waals surface area contributed by atoms with Crippen LogP contribution in [0.5, 0.6) is 5.75 Å². The lowest BCUT2D eigenvalue weighted by molar-refractivity contribution is 0.112. The van der Waals surface area contributed by atoms with Crippen molar-refractivity contribution in [3.05, 3.63) is 24.3 Å². The minimum atomic E-state index is 0.590. The smallest absolute Gasteiger partial charge is 0.119 e. The Balaban J connectivity index is 2.20. The number of hydrogen-bond acceptors (Lipinski definition) is 4. The van der Waals surface area contributed by atoms with Crippen molar-refractivity contribution in [2.75, 3.05) is 31.8 Å². The summed E-state index contributed by atoms with van der Waals surface area (Å²) in [4.78, 5) is 1.24. The van der Waals surface area contributed by atoms with Crippen LogP contribution in [0, 0.1) is 0 Å². The Kier molecular flexibility index (Phi) is 6.72. The average molecular weight is 244 g/mol. The zero-order valence-electron chi connectivity index (χ0n) is 8.81. The van der Waals surface area contributed by atoms with Gasteiger partial charge in [-0.3, -0.25) is 0 Å². The Morgan fingerprint density at radius 2 is 1.87 bits per heavy atom. The van der Waals surface area contributed by atoms with Gasteiger partial charge in [-0.1, -0.05) is 0 Å². The van der Waals surface area contributed by atoms with Crippen molar-refractivity contribution >= 4 is 24.4 Å². The Hall–Kier alpha value is -0.320. The minimum absolute atomic E-state index is 0.590. The third kappa shape index (κ3) is 5.35. The van der Waals surface area contributed by atoms with Crippen LogP contribution in [-0.4, -0.2) is 31.8 Å². The van der Waals surface area contributed by atoms with Gasteiger partial charge < -0.3 is 9.47 Å². The topological polar surface area (TPSA) is 18.5 Å². The van der Waals surface area contributed by atoms with Crippen molar-refractivity contribution in [3.63, 3.8) is 0 Å². The van der Waals surface area contributed by atoms with Crippen molar-refractivity contribution in [3.8, 4) is 5.75 Å². The highest BCUT2D eigenvalue weighted by Crippen LogP contribution is 2.18. The van der Waals surface area contributed by atoms with Gasteiger partial charge in [0.05, 0.1) is 13.2 Å². The fourth-order valence-corrected chi connectivity index (χ4v) is 1.59. The molecule has 15 heavy (non-hydrogen) atoms. The fourth-order valence-electron chi connectivity index (χ4n) is 1.06. The van der Waals surface area contributed by atoms with Crippen molar-refractivity contribution in [1.29, 1.82) is 0 Å². The van der Waals surface area contributed by atoms with E-state index < -0.39 is 0 Å². The molecular weight excluding hydrogens is 228 g/mol. The van der Waals surface area contributed by atoms with Gasteiger partial charge in [0.1, 0.15) is 12.4 Å². The molecule has 0 aromatic heterocycles. The zero-order chi connectivity index (χ0) is 10.9. The van der Waals surface area contributed by atoms with Crippen LogP contribution in [0.2, 0.25) is 0 Å². The molecule has 0 saturated carbocycles. The first-order valence-electron chi connectivity index (χ1n) is 4.82. The summed E-state index contributed by atoms with van der Waals surface area (Å²) in [6.45, 7) is 1.88. The third-order valence-corrected chi connectivity index (χ3v) is 2.72. The Labute approximate surface area is 101 Å². The lowest BCUT2D eigenvalue weighted by Gasteiger charge is -2.06. The lowest BCUT2D eigenvalue weighted by Crippen LogP contribution is -2.07.